The molecule has 134 valence electrons. The summed E-state index contributed by atoms with van der Waals surface area (Å²) in [4.78, 5) is 7.07. The Morgan fingerprint density at radius 3 is 2.22 bits per heavy atom. The number of hydrogen-bond acceptors (Lipinski definition) is 2. The SMILES string of the molecule is [C-]#[N+]C(=C\c1ccc2c(c1)CCC(C)(C)O2)/C(=C\c1ccc(O)cc1)[N+]#[C-]. The predicted molar refractivity (Wildman–Crippen MR) is 107 cm³/mol. The van der Waals surface area contributed by atoms with Gasteiger partial charge in [0.15, 0.2) is 11.4 Å². The molecule has 0 aromatic heterocycles. The first kappa shape index (κ1) is 18.3. The van der Waals surface area contributed by atoms with Crippen molar-refractivity contribution in [3.05, 3.63) is 93.4 Å². The van der Waals surface area contributed by atoms with Gasteiger partial charge in [-0.3, -0.25) is 9.69 Å². The van der Waals surface area contributed by atoms with Gasteiger partial charge < -0.3 is 9.84 Å². The van der Waals surface area contributed by atoms with Crippen LogP contribution in [0, 0.1) is 13.1 Å². The van der Waals surface area contributed by atoms with Gasteiger partial charge >= 0.3 is 0 Å². The lowest BCUT2D eigenvalue weighted by molar-refractivity contribution is 0.0847. The van der Waals surface area contributed by atoms with Crippen LogP contribution in [-0.2, 0) is 6.42 Å². The van der Waals surface area contributed by atoms with E-state index in [0.29, 0.717) is 0 Å². The Labute approximate surface area is 159 Å². The van der Waals surface area contributed by atoms with Crippen LogP contribution in [0.4, 0.5) is 0 Å². The minimum Gasteiger partial charge on any atom is -0.508 e. The molecule has 0 atom stereocenters. The molecule has 2 aromatic carbocycles. The molecule has 0 saturated carbocycles. The summed E-state index contributed by atoms with van der Waals surface area (Å²) >= 11 is 0. The standard InChI is InChI=1S/C23H20N2O2/c1-23(2)12-11-18-13-17(7-10-22(18)27-23)15-21(25-4)20(24-3)14-16-5-8-19(26)9-6-16/h5-10,13-15,26H,11-12H2,1-2H3/b20-14+,21-15-. The maximum absolute atomic E-state index is 9.38. The van der Waals surface area contributed by atoms with Crippen LogP contribution < -0.4 is 4.74 Å². The second-order valence-corrected chi connectivity index (χ2v) is 7.10. The van der Waals surface area contributed by atoms with E-state index in [2.05, 4.69) is 23.5 Å². The molecule has 1 N–H and O–H groups in total. The number of rotatable bonds is 3. The smallest absolute Gasteiger partial charge is 0.195 e. The van der Waals surface area contributed by atoms with E-state index in [-0.39, 0.29) is 22.7 Å². The summed E-state index contributed by atoms with van der Waals surface area (Å²) in [6.45, 7) is 19.1. The van der Waals surface area contributed by atoms with E-state index < -0.39 is 0 Å². The van der Waals surface area contributed by atoms with E-state index in [1.807, 2.05) is 18.2 Å². The minimum absolute atomic E-state index is 0.157. The van der Waals surface area contributed by atoms with Gasteiger partial charge in [-0.2, -0.15) is 0 Å². The molecule has 0 spiro atoms. The zero-order valence-corrected chi connectivity index (χ0v) is 15.4. The molecule has 0 aliphatic carbocycles. The van der Waals surface area contributed by atoms with E-state index in [1.54, 1.807) is 36.4 Å². The molecule has 0 unspecified atom stereocenters. The Morgan fingerprint density at radius 2 is 1.59 bits per heavy atom. The van der Waals surface area contributed by atoms with Crippen molar-refractivity contribution in [2.24, 2.45) is 0 Å². The Bertz CT molecular complexity index is 1000. The van der Waals surface area contributed by atoms with Crippen LogP contribution in [0.2, 0.25) is 0 Å². The number of aromatic hydroxyl groups is 1. The van der Waals surface area contributed by atoms with Gasteiger partial charge in [-0.05, 0) is 67.6 Å². The highest BCUT2D eigenvalue weighted by Gasteiger charge is 2.26. The molecule has 1 aliphatic heterocycles. The van der Waals surface area contributed by atoms with E-state index >= 15 is 0 Å². The molecule has 1 aliphatic rings. The Kier molecular flexibility index (Phi) is 5.01. The van der Waals surface area contributed by atoms with Crippen LogP contribution in [0.15, 0.2) is 53.9 Å². The summed E-state index contributed by atoms with van der Waals surface area (Å²) < 4.78 is 6.00. The van der Waals surface area contributed by atoms with Gasteiger partial charge in [-0.15, -0.1) is 0 Å². The largest absolute Gasteiger partial charge is 0.508 e. The normalized spacial score (nSPS) is 15.9. The Morgan fingerprint density at radius 1 is 1.00 bits per heavy atom. The number of hydrogen-bond donors (Lipinski definition) is 1. The van der Waals surface area contributed by atoms with Gasteiger partial charge in [0, 0.05) is 0 Å². The molecule has 0 bridgehead atoms. The average molecular weight is 356 g/mol. The molecule has 0 fully saturated rings. The maximum atomic E-state index is 9.38. The van der Waals surface area contributed by atoms with E-state index in [1.165, 1.54) is 0 Å². The third-order valence-electron chi connectivity index (χ3n) is 4.47. The number of phenolic OH excluding ortho intramolecular Hbond substituents is 1. The van der Waals surface area contributed by atoms with Crippen LogP contribution >= 0.6 is 0 Å². The summed E-state index contributed by atoms with van der Waals surface area (Å²) in [6, 6.07) is 12.4. The van der Waals surface area contributed by atoms with Crippen LogP contribution in [-0.4, -0.2) is 10.7 Å². The van der Waals surface area contributed by atoms with Crippen LogP contribution in [0.25, 0.3) is 21.8 Å². The number of aryl methyl sites for hydroxylation is 1. The van der Waals surface area contributed by atoms with Gasteiger partial charge in [-0.1, -0.05) is 30.4 Å². The number of benzene rings is 2. The van der Waals surface area contributed by atoms with Crippen molar-refractivity contribution in [2.75, 3.05) is 0 Å². The monoisotopic (exact) mass is 356 g/mol. The molecule has 4 nitrogen and oxygen atoms in total. The van der Waals surface area contributed by atoms with Crippen LogP contribution in [0.1, 0.15) is 37.0 Å². The third-order valence-corrected chi connectivity index (χ3v) is 4.47. The van der Waals surface area contributed by atoms with Gasteiger partial charge in [0.05, 0.1) is 13.1 Å². The van der Waals surface area contributed by atoms with Crippen molar-refractivity contribution in [1.29, 1.82) is 0 Å². The number of phenols is 1. The topological polar surface area (TPSA) is 38.2 Å². The van der Waals surface area contributed by atoms with Crippen molar-refractivity contribution < 1.29 is 9.84 Å². The summed E-state index contributed by atoms with van der Waals surface area (Å²) in [5.41, 5.74) is 3.16. The van der Waals surface area contributed by atoms with Crippen molar-refractivity contribution in [2.45, 2.75) is 32.3 Å². The first-order valence-corrected chi connectivity index (χ1v) is 8.70. The summed E-state index contributed by atoms with van der Waals surface area (Å²) in [7, 11) is 0. The molecule has 1 heterocycles. The fourth-order valence-corrected chi connectivity index (χ4v) is 2.98. The number of fused-ring (bicyclic) bond motifs is 1. The van der Waals surface area contributed by atoms with E-state index in [0.717, 1.165) is 35.3 Å². The molecule has 27 heavy (non-hydrogen) atoms. The molecule has 2 aromatic rings. The van der Waals surface area contributed by atoms with Crippen molar-refractivity contribution >= 4 is 12.2 Å². The number of ether oxygens (including phenoxy) is 1. The van der Waals surface area contributed by atoms with Crippen molar-refractivity contribution in [3.63, 3.8) is 0 Å². The average Bonchev–Trinajstić information content (AvgIpc) is 2.65. The Hall–Kier alpha value is -3.50. The second kappa shape index (κ2) is 7.40. The highest BCUT2D eigenvalue weighted by Crippen LogP contribution is 2.34. The van der Waals surface area contributed by atoms with E-state index in [4.69, 9.17) is 17.9 Å². The fourth-order valence-electron chi connectivity index (χ4n) is 2.98. The molecule has 3 rings (SSSR count). The highest BCUT2D eigenvalue weighted by atomic mass is 16.5. The quantitative estimate of drug-likeness (QED) is 0.564. The lowest BCUT2D eigenvalue weighted by Crippen LogP contribution is -2.32. The highest BCUT2D eigenvalue weighted by molar-refractivity contribution is 5.70. The minimum atomic E-state index is -0.157. The maximum Gasteiger partial charge on any atom is 0.195 e. The molecule has 0 radical (unpaired) electrons. The first-order chi connectivity index (χ1) is 12.9. The molecular weight excluding hydrogens is 336 g/mol. The van der Waals surface area contributed by atoms with Crippen LogP contribution in [0.5, 0.6) is 11.5 Å². The molecule has 0 amide bonds. The second-order valence-electron chi connectivity index (χ2n) is 7.10. The van der Waals surface area contributed by atoms with Gasteiger partial charge in [0.1, 0.15) is 17.1 Å². The lowest BCUT2D eigenvalue weighted by atomic mass is 9.93. The van der Waals surface area contributed by atoms with Crippen LogP contribution in [0.3, 0.4) is 0 Å². The summed E-state index contributed by atoms with van der Waals surface area (Å²) in [6.07, 6.45) is 5.25. The first-order valence-electron chi connectivity index (χ1n) is 8.70. The van der Waals surface area contributed by atoms with Gasteiger partial charge in [0.25, 0.3) is 0 Å². The molecule has 0 saturated heterocycles. The molecular formula is C23H20N2O2. The van der Waals surface area contributed by atoms with Gasteiger partial charge in [0.2, 0.25) is 0 Å². The predicted octanol–water partition coefficient (Wildman–Crippen LogP) is 5.72. The fraction of sp³-hybridized carbons (Fsp3) is 0.217. The zero-order valence-electron chi connectivity index (χ0n) is 15.4. The number of nitrogens with zero attached hydrogens (tertiary/aromatic N) is 2. The lowest BCUT2D eigenvalue weighted by Gasteiger charge is -2.32. The van der Waals surface area contributed by atoms with Crippen molar-refractivity contribution in [3.8, 4) is 11.5 Å². The summed E-state index contributed by atoms with van der Waals surface area (Å²) in [5.74, 6) is 1.05. The Balaban J connectivity index is 1.93. The van der Waals surface area contributed by atoms with E-state index in [9.17, 15) is 5.11 Å². The zero-order chi connectivity index (χ0) is 19.4. The van der Waals surface area contributed by atoms with Gasteiger partial charge in [-0.25, -0.2) is 0 Å². The third kappa shape index (κ3) is 4.37. The summed E-state index contributed by atoms with van der Waals surface area (Å²) in [5, 5.41) is 9.38. The van der Waals surface area contributed by atoms with Crippen molar-refractivity contribution in [1.82, 2.24) is 0 Å². The molecule has 4 heteroatoms.